The molecule has 0 aliphatic rings. The number of nitrogen functional groups attached to an aromatic ring is 1. The van der Waals surface area contributed by atoms with Crippen LogP contribution in [0.3, 0.4) is 0 Å². The molecule has 0 aliphatic heterocycles. The molecule has 0 saturated carbocycles. The third-order valence-corrected chi connectivity index (χ3v) is 1.66. The topological polar surface area (TPSA) is 38.9 Å². The van der Waals surface area contributed by atoms with Gasteiger partial charge in [0.15, 0.2) is 0 Å². The fourth-order valence-electron chi connectivity index (χ4n) is 1.13. The van der Waals surface area contributed by atoms with Gasteiger partial charge in [0.2, 0.25) is 0 Å². The summed E-state index contributed by atoms with van der Waals surface area (Å²) in [5.74, 6) is 0. The summed E-state index contributed by atoms with van der Waals surface area (Å²) < 4.78 is 0. The maximum atomic E-state index is 5.69. The van der Waals surface area contributed by atoms with E-state index in [4.69, 9.17) is 5.73 Å². The van der Waals surface area contributed by atoms with Crippen LogP contribution in [0.1, 0.15) is 0 Å². The molecule has 1 aromatic carbocycles. The fourth-order valence-corrected chi connectivity index (χ4v) is 1.13. The molecule has 0 fully saturated rings. The molecule has 14 heavy (non-hydrogen) atoms. The van der Waals surface area contributed by atoms with Crippen LogP contribution in [-0.2, 0) is 16.5 Å². The molecule has 1 aromatic heterocycles. The van der Waals surface area contributed by atoms with Crippen LogP contribution in [0.5, 0.6) is 0 Å². The van der Waals surface area contributed by atoms with Gasteiger partial charge >= 0.3 is 0 Å². The molecule has 0 radical (unpaired) electrons. The van der Waals surface area contributed by atoms with Crippen LogP contribution < -0.4 is 5.73 Å². The van der Waals surface area contributed by atoms with Crippen molar-refractivity contribution in [3.05, 3.63) is 36.5 Å². The number of para-hydroxylation sites is 1. The predicted octanol–water partition coefficient (Wildman–Crippen LogP) is 2.97. The number of hydrogen-bond acceptors (Lipinski definition) is 2. The molecule has 80 valence electrons. The van der Waals surface area contributed by atoms with E-state index >= 15 is 0 Å². The fraction of sp³-hybridized carbons (Fsp3) is 0. The molecule has 1 heterocycles. The van der Waals surface area contributed by atoms with E-state index in [1.54, 1.807) is 6.20 Å². The number of anilines is 1. The molecular formula is C9H10Br2N2Ni. The van der Waals surface area contributed by atoms with Crippen LogP contribution in [0.2, 0.25) is 0 Å². The number of rotatable bonds is 0. The minimum atomic E-state index is 0. The van der Waals surface area contributed by atoms with Crippen molar-refractivity contribution in [2.24, 2.45) is 0 Å². The summed E-state index contributed by atoms with van der Waals surface area (Å²) in [4.78, 5) is 4.16. The largest absolute Gasteiger partial charge is 0.397 e. The summed E-state index contributed by atoms with van der Waals surface area (Å²) in [6, 6.07) is 9.69. The van der Waals surface area contributed by atoms with E-state index in [1.165, 1.54) is 0 Å². The summed E-state index contributed by atoms with van der Waals surface area (Å²) in [5, 5.41) is 1.09. The van der Waals surface area contributed by atoms with Gasteiger partial charge in [-0.3, -0.25) is 4.98 Å². The van der Waals surface area contributed by atoms with E-state index in [9.17, 15) is 0 Å². The molecule has 2 aromatic rings. The second-order valence-corrected chi connectivity index (χ2v) is 2.42. The zero-order valence-corrected chi connectivity index (χ0v) is 11.5. The van der Waals surface area contributed by atoms with Crippen LogP contribution in [-0.4, -0.2) is 4.98 Å². The number of halogens is 2. The maximum absolute atomic E-state index is 5.69. The molecule has 2 rings (SSSR count). The van der Waals surface area contributed by atoms with Gasteiger partial charge in [0.05, 0.1) is 11.2 Å². The zero-order valence-electron chi connectivity index (χ0n) is 7.12. The zero-order chi connectivity index (χ0) is 7.68. The van der Waals surface area contributed by atoms with Crippen molar-refractivity contribution in [3.63, 3.8) is 0 Å². The van der Waals surface area contributed by atoms with Crippen molar-refractivity contribution in [3.8, 4) is 0 Å². The van der Waals surface area contributed by atoms with Gasteiger partial charge in [-0.05, 0) is 12.1 Å². The molecule has 5 heteroatoms. The van der Waals surface area contributed by atoms with Crippen LogP contribution in [0.25, 0.3) is 10.9 Å². The predicted molar refractivity (Wildman–Crippen MR) is 66.8 cm³/mol. The van der Waals surface area contributed by atoms with Gasteiger partial charge in [-0.2, -0.15) is 0 Å². The molecule has 2 nitrogen and oxygen atoms in total. The minimum Gasteiger partial charge on any atom is -0.397 e. The maximum Gasteiger partial charge on any atom is 0.0931 e. The first-order chi connectivity index (χ1) is 5.38. The Morgan fingerprint density at radius 1 is 1.00 bits per heavy atom. The Morgan fingerprint density at radius 2 is 1.64 bits per heavy atom. The van der Waals surface area contributed by atoms with Gasteiger partial charge in [0.1, 0.15) is 0 Å². The number of aromatic nitrogens is 1. The van der Waals surface area contributed by atoms with Crippen LogP contribution in [0.4, 0.5) is 5.69 Å². The Kier molecular flexibility index (Phi) is 8.41. The summed E-state index contributed by atoms with van der Waals surface area (Å²) in [7, 11) is 0. The normalized spacial score (nSPS) is 8.00. The quantitative estimate of drug-likeness (QED) is 0.576. The standard InChI is InChI=1S/C9H8N2.2BrH.Ni/c10-8-5-1-3-7-4-2-6-11-9(7)8;;;/h1-6H,10H2;2*1H;. The first-order valence-electron chi connectivity index (χ1n) is 3.47. The minimum absolute atomic E-state index is 0. The number of fused-ring (bicyclic) bond motifs is 1. The smallest absolute Gasteiger partial charge is 0.0931 e. The molecule has 0 atom stereocenters. The number of nitrogens with zero attached hydrogens (tertiary/aromatic N) is 1. The van der Waals surface area contributed by atoms with E-state index in [1.807, 2.05) is 30.3 Å². The molecule has 0 aliphatic carbocycles. The number of pyridine rings is 1. The summed E-state index contributed by atoms with van der Waals surface area (Å²) in [5.41, 5.74) is 7.32. The van der Waals surface area contributed by atoms with E-state index in [-0.39, 0.29) is 50.5 Å². The molecule has 0 spiro atoms. The summed E-state index contributed by atoms with van der Waals surface area (Å²) in [6.45, 7) is 0. The van der Waals surface area contributed by atoms with Crippen molar-refractivity contribution in [2.75, 3.05) is 5.73 Å². The second-order valence-electron chi connectivity index (χ2n) is 2.42. The van der Waals surface area contributed by atoms with Crippen molar-refractivity contribution in [1.29, 1.82) is 0 Å². The first kappa shape index (κ1) is 16.3. The first-order valence-corrected chi connectivity index (χ1v) is 3.47. The molecule has 2 N–H and O–H groups in total. The van der Waals surface area contributed by atoms with Crippen molar-refractivity contribution < 1.29 is 16.5 Å². The Bertz CT molecular complexity index is 390. The van der Waals surface area contributed by atoms with Gasteiger partial charge in [0, 0.05) is 28.1 Å². The van der Waals surface area contributed by atoms with Gasteiger partial charge in [-0.15, -0.1) is 34.0 Å². The van der Waals surface area contributed by atoms with Gasteiger partial charge in [-0.1, -0.05) is 18.2 Å². The summed E-state index contributed by atoms with van der Waals surface area (Å²) >= 11 is 0. The van der Waals surface area contributed by atoms with E-state index in [0.29, 0.717) is 0 Å². The Balaban J connectivity index is 0. The number of hydrogen-bond donors (Lipinski definition) is 1. The summed E-state index contributed by atoms with van der Waals surface area (Å²) in [6.07, 6.45) is 1.75. The Labute approximate surface area is 114 Å². The molecular weight excluding hydrogens is 355 g/mol. The Morgan fingerprint density at radius 3 is 2.29 bits per heavy atom. The molecule has 0 unspecified atom stereocenters. The molecule has 0 bridgehead atoms. The van der Waals surface area contributed by atoms with E-state index in [0.717, 1.165) is 16.6 Å². The number of benzene rings is 1. The number of nitrogens with two attached hydrogens (primary N) is 1. The van der Waals surface area contributed by atoms with E-state index in [2.05, 4.69) is 4.98 Å². The Hall–Kier alpha value is -0.116. The third-order valence-electron chi connectivity index (χ3n) is 1.66. The van der Waals surface area contributed by atoms with Crippen molar-refractivity contribution in [1.82, 2.24) is 4.98 Å². The van der Waals surface area contributed by atoms with Crippen LogP contribution >= 0.6 is 34.0 Å². The SMILES string of the molecule is Br.Br.Nc1cccc2cccnc12.[Ni]. The average Bonchev–Trinajstić information content (AvgIpc) is 2.06. The van der Waals surface area contributed by atoms with Crippen LogP contribution in [0.15, 0.2) is 36.5 Å². The van der Waals surface area contributed by atoms with Crippen molar-refractivity contribution in [2.45, 2.75) is 0 Å². The second kappa shape index (κ2) is 7.21. The monoisotopic (exact) mass is 362 g/mol. The third kappa shape index (κ3) is 3.23. The van der Waals surface area contributed by atoms with Crippen LogP contribution in [0, 0.1) is 0 Å². The van der Waals surface area contributed by atoms with Gasteiger partial charge in [-0.25, -0.2) is 0 Å². The van der Waals surface area contributed by atoms with E-state index < -0.39 is 0 Å². The average molecular weight is 365 g/mol. The van der Waals surface area contributed by atoms with Crippen molar-refractivity contribution >= 4 is 50.6 Å². The molecule has 0 amide bonds. The van der Waals surface area contributed by atoms with Gasteiger partial charge in [0.25, 0.3) is 0 Å². The van der Waals surface area contributed by atoms with Gasteiger partial charge < -0.3 is 5.73 Å². The molecule has 0 saturated heterocycles.